The van der Waals surface area contributed by atoms with Crippen LogP contribution in [0.3, 0.4) is 0 Å². The van der Waals surface area contributed by atoms with Crippen molar-refractivity contribution < 1.29 is 14.3 Å². The van der Waals surface area contributed by atoms with E-state index in [2.05, 4.69) is 0 Å². The predicted molar refractivity (Wildman–Crippen MR) is 64.8 cm³/mol. The van der Waals surface area contributed by atoms with Gasteiger partial charge in [-0.15, -0.1) is 0 Å². The molecule has 0 amide bonds. The molecule has 0 aliphatic rings. The second-order valence-electron chi connectivity index (χ2n) is 4.10. The number of rotatable bonds is 4. The van der Waals surface area contributed by atoms with Crippen molar-refractivity contribution in [2.75, 3.05) is 0 Å². The number of carbonyl (C=O) groups is 1. The second-order valence-corrected chi connectivity index (χ2v) is 4.10. The van der Waals surface area contributed by atoms with Crippen molar-refractivity contribution in [2.24, 2.45) is 0 Å². The van der Waals surface area contributed by atoms with E-state index < -0.39 is 5.97 Å². The summed E-state index contributed by atoms with van der Waals surface area (Å²) in [5, 5.41) is 8.90. The first-order chi connectivity index (χ1) is 8.58. The molecule has 0 bridgehead atoms. The lowest BCUT2D eigenvalue weighted by molar-refractivity contribution is 0.0695. The highest BCUT2D eigenvalue weighted by Crippen LogP contribution is 2.13. The van der Waals surface area contributed by atoms with Crippen molar-refractivity contribution in [3.8, 4) is 0 Å². The maximum atomic E-state index is 11.7. The molecule has 0 aromatic carbocycles. The van der Waals surface area contributed by atoms with E-state index in [0.717, 1.165) is 5.76 Å². The minimum Gasteiger partial charge on any atom is -0.478 e. The molecule has 0 fully saturated rings. The van der Waals surface area contributed by atoms with Crippen LogP contribution in [0.4, 0.5) is 0 Å². The van der Waals surface area contributed by atoms with Crippen LogP contribution in [0.2, 0.25) is 0 Å². The van der Waals surface area contributed by atoms with Crippen LogP contribution in [0.5, 0.6) is 0 Å². The van der Waals surface area contributed by atoms with E-state index in [4.69, 9.17) is 9.52 Å². The van der Waals surface area contributed by atoms with Crippen LogP contribution in [-0.2, 0) is 6.42 Å². The third-order valence-corrected chi connectivity index (χ3v) is 2.74. The molecule has 18 heavy (non-hydrogen) atoms. The summed E-state index contributed by atoms with van der Waals surface area (Å²) in [4.78, 5) is 22.6. The normalized spacial score (nSPS) is 12.3. The quantitative estimate of drug-likeness (QED) is 0.896. The molecule has 2 aromatic rings. The molecule has 0 spiro atoms. The largest absolute Gasteiger partial charge is 0.478 e. The number of nitrogens with zero attached hydrogens (tertiary/aromatic N) is 1. The van der Waals surface area contributed by atoms with Gasteiger partial charge in [0.1, 0.15) is 5.76 Å². The summed E-state index contributed by atoms with van der Waals surface area (Å²) in [7, 11) is 0. The Balaban J connectivity index is 2.29. The molecule has 0 saturated heterocycles. The van der Waals surface area contributed by atoms with Gasteiger partial charge in [-0.25, -0.2) is 4.79 Å². The SMILES string of the molecule is CC(Cc1ccco1)n1cc(C(=O)O)ccc1=O. The standard InChI is InChI=1S/C13H13NO4/c1-9(7-11-3-2-6-18-11)14-8-10(13(16)17)4-5-12(14)15/h2-6,8-9H,7H2,1H3,(H,16,17). The van der Waals surface area contributed by atoms with Gasteiger partial charge >= 0.3 is 5.97 Å². The third-order valence-electron chi connectivity index (χ3n) is 2.74. The second kappa shape index (κ2) is 4.91. The molecule has 1 atom stereocenters. The van der Waals surface area contributed by atoms with E-state index in [1.54, 1.807) is 12.3 Å². The zero-order chi connectivity index (χ0) is 13.1. The van der Waals surface area contributed by atoms with Gasteiger partial charge in [0, 0.05) is 24.7 Å². The molecule has 0 radical (unpaired) electrons. The Labute approximate surface area is 103 Å². The van der Waals surface area contributed by atoms with Gasteiger partial charge in [0.15, 0.2) is 0 Å². The van der Waals surface area contributed by atoms with Crippen molar-refractivity contribution in [3.05, 3.63) is 58.4 Å². The molecular weight excluding hydrogens is 234 g/mol. The molecule has 0 aliphatic carbocycles. The van der Waals surface area contributed by atoms with Gasteiger partial charge in [0.2, 0.25) is 0 Å². The number of carboxylic acids is 1. The summed E-state index contributed by atoms with van der Waals surface area (Å²) in [5.41, 5.74) is -0.125. The fourth-order valence-electron chi connectivity index (χ4n) is 1.79. The molecule has 2 heterocycles. The Morgan fingerprint density at radius 1 is 1.44 bits per heavy atom. The first-order valence-electron chi connectivity index (χ1n) is 5.56. The van der Waals surface area contributed by atoms with Crippen LogP contribution in [0, 0.1) is 0 Å². The molecule has 1 unspecified atom stereocenters. The molecule has 5 nitrogen and oxygen atoms in total. The van der Waals surface area contributed by atoms with Crippen molar-refractivity contribution in [1.29, 1.82) is 0 Å². The molecular formula is C13H13NO4. The van der Waals surface area contributed by atoms with E-state index in [-0.39, 0.29) is 17.2 Å². The Bertz CT molecular complexity index is 598. The van der Waals surface area contributed by atoms with Gasteiger partial charge < -0.3 is 14.1 Å². The van der Waals surface area contributed by atoms with Crippen LogP contribution >= 0.6 is 0 Å². The number of hydrogen-bond acceptors (Lipinski definition) is 3. The molecule has 0 aliphatic heterocycles. The average molecular weight is 247 g/mol. The molecule has 94 valence electrons. The van der Waals surface area contributed by atoms with Crippen molar-refractivity contribution in [1.82, 2.24) is 4.57 Å². The average Bonchev–Trinajstić information content (AvgIpc) is 2.81. The number of aromatic nitrogens is 1. The fraction of sp³-hybridized carbons (Fsp3) is 0.231. The van der Waals surface area contributed by atoms with E-state index >= 15 is 0 Å². The third kappa shape index (κ3) is 2.51. The molecule has 2 rings (SSSR count). The Hall–Kier alpha value is -2.30. The summed E-state index contributed by atoms with van der Waals surface area (Å²) < 4.78 is 6.62. The molecule has 2 aromatic heterocycles. The fourth-order valence-corrected chi connectivity index (χ4v) is 1.79. The van der Waals surface area contributed by atoms with Crippen LogP contribution in [0.1, 0.15) is 29.1 Å². The van der Waals surface area contributed by atoms with E-state index in [9.17, 15) is 9.59 Å². The lowest BCUT2D eigenvalue weighted by Gasteiger charge is -2.14. The lowest BCUT2D eigenvalue weighted by atomic mass is 10.2. The lowest BCUT2D eigenvalue weighted by Crippen LogP contribution is -2.24. The van der Waals surface area contributed by atoms with E-state index in [1.807, 2.05) is 13.0 Å². The number of pyridine rings is 1. The summed E-state index contributed by atoms with van der Waals surface area (Å²) in [6, 6.07) is 6.01. The summed E-state index contributed by atoms with van der Waals surface area (Å²) in [5.74, 6) is -0.288. The van der Waals surface area contributed by atoms with Gasteiger partial charge in [0.05, 0.1) is 11.8 Å². The van der Waals surface area contributed by atoms with Gasteiger partial charge in [-0.05, 0) is 25.1 Å². The van der Waals surface area contributed by atoms with Crippen LogP contribution < -0.4 is 5.56 Å². The monoisotopic (exact) mass is 247 g/mol. The molecule has 1 N–H and O–H groups in total. The molecule has 5 heteroatoms. The first-order valence-corrected chi connectivity index (χ1v) is 5.56. The highest BCUT2D eigenvalue weighted by molar-refractivity contribution is 5.87. The van der Waals surface area contributed by atoms with Gasteiger partial charge in [-0.1, -0.05) is 0 Å². The number of carboxylic acid groups (broad SMARTS) is 1. The Kier molecular flexibility index (Phi) is 3.32. The van der Waals surface area contributed by atoms with Crippen molar-refractivity contribution in [2.45, 2.75) is 19.4 Å². The molecule has 0 saturated carbocycles. The van der Waals surface area contributed by atoms with E-state index in [0.29, 0.717) is 6.42 Å². The van der Waals surface area contributed by atoms with Crippen molar-refractivity contribution >= 4 is 5.97 Å². The summed E-state index contributed by atoms with van der Waals surface area (Å²) in [6.07, 6.45) is 3.47. The number of aromatic carboxylic acids is 1. The van der Waals surface area contributed by atoms with Gasteiger partial charge in [-0.2, -0.15) is 0 Å². The zero-order valence-electron chi connectivity index (χ0n) is 9.87. The minimum atomic E-state index is -1.05. The maximum absolute atomic E-state index is 11.7. The van der Waals surface area contributed by atoms with E-state index in [1.165, 1.54) is 22.9 Å². The van der Waals surface area contributed by atoms with Crippen molar-refractivity contribution in [3.63, 3.8) is 0 Å². The number of furan rings is 1. The van der Waals surface area contributed by atoms with Gasteiger partial charge in [0.25, 0.3) is 5.56 Å². The van der Waals surface area contributed by atoms with Crippen LogP contribution in [-0.4, -0.2) is 15.6 Å². The highest BCUT2D eigenvalue weighted by atomic mass is 16.4. The Morgan fingerprint density at radius 3 is 2.83 bits per heavy atom. The maximum Gasteiger partial charge on any atom is 0.337 e. The summed E-state index contributed by atoms with van der Waals surface area (Å²) >= 11 is 0. The zero-order valence-corrected chi connectivity index (χ0v) is 9.87. The number of hydrogen-bond donors (Lipinski definition) is 1. The summed E-state index contributed by atoms with van der Waals surface area (Å²) in [6.45, 7) is 1.84. The predicted octanol–water partition coefficient (Wildman–Crippen LogP) is 1.94. The van der Waals surface area contributed by atoms with Crippen LogP contribution in [0.25, 0.3) is 0 Å². The smallest absolute Gasteiger partial charge is 0.337 e. The van der Waals surface area contributed by atoms with Gasteiger partial charge in [-0.3, -0.25) is 4.79 Å². The van der Waals surface area contributed by atoms with Crippen LogP contribution in [0.15, 0.2) is 45.9 Å². The minimum absolute atomic E-state index is 0.0981. The first kappa shape index (κ1) is 12.2. The topological polar surface area (TPSA) is 72.4 Å². The Morgan fingerprint density at radius 2 is 2.22 bits per heavy atom. The highest BCUT2D eigenvalue weighted by Gasteiger charge is 2.12.